The molecule has 124 valence electrons. The number of nitrogens with one attached hydrogen (secondary N) is 1. The fraction of sp³-hybridized carbons (Fsp3) is 0.158. The van der Waals surface area contributed by atoms with Gasteiger partial charge in [-0.05, 0) is 11.6 Å². The molecular formula is C19H13NO3S2. The molecule has 4 nitrogen and oxygen atoms in total. The zero-order valence-electron chi connectivity index (χ0n) is 13.0. The molecule has 3 atom stereocenters. The lowest BCUT2D eigenvalue weighted by atomic mass is 9.78. The predicted octanol–water partition coefficient (Wildman–Crippen LogP) is 3.95. The fourth-order valence-corrected chi connectivity index (χ4v) is 6.26. The summed E-state index contributed by atoms with van der Waals surface area (Å²) < 4.78 is 5.64. The number of benzene rings is 2. The number of ether oxygens (including phenoxy) is 1. The van der Waals surface area contributed by atoms with Crippen LogP contribution in [0.1, 0.15) is 27.2 Å². The van der Waals surface area contributed by atoms with E-state index < -0.39 is 0 Å². The number of fused-ring (bicyclic) bond motifs is 5. The number of para-hydroxylation sites is 1. The van der Waals surface area contributed by atoms with Gasteiger partial charge in [0.1, 0.15) is 5.75 Å². The summed E-state index contributed by atoms with van der Waals surface area (Å²) in [5, 5.41) is 0.777. The van der Waals surface area contributed by atoms with Crippen molar-refractivity contribution in [2.45, 2.75) is 16.2 Å². The first-order valence-corrected chi connectivity index (χ1v) is 9.67. The minimum absolute atomic E-state index is 0.0821. The van der Waals surface area contributed by atoms with Gasteiger partial charge in [0.25, 0.3) is 0 Å². The molecule has 0 fully saturated rings. The highest BCUT2D eigenvalue weighted by atomic mass is 32.2. The number of hydrogen-bond donors (Lipinski definition) is 1. The number of aromatic amines is 1. The van der Waals surface area contributed by atoms with E-state index in [1.807, 2.05) is 54.6 Å². The molecule has 1 aromatic heterocycles. The van der Waals surface area contributed by atoms with Crippen molar-refractivity contribution in [1.29, 1.82) is 0 Å². The quantitative estimate of drug-likeness (QED) is 0.523. The number of thiazole rings is 1. The number of H-pyrrole nitrogens is 1. The lowest BCUT2D eigenvalue weighted by molar-refractivity contribution is -0.140. The summed E-state index contributed by atoms with van der Waals surface area (Å²) in [7, 11) is 0. The van der Waals surface area contributed by atoms with Crippen LogP contribution in [0.25, 0.3) is 0 Å². The van der Waals surface area contributed by atoms with Crippen molar-refractivity contribution >= 4 is 29.1 Å². The SMILES string of the molecule is O=C1Oc2ccccc2[C@H]2c3sc(=O)[nH]c3S[C@H](c3ccccc3)[C@H]12. The molecule has 0 spiro atoms. The lowest BCUT2D eigenvalue weighted by Crippen LogP contribution is -2.37. The van der Waals surface area contributed by atoms with E-state index in [1.54, 1.807) is 11.8 Å². The van der Waals surface area contributed by atoms with E-state index in [-0.39, 0.29) is 27.9 Å². The van der Waals surface area contributed by atoms with Gasteiger partial charge in [-0.25, -0.2) is 0 Å². The van der Waals surface area contributed by atoms with Gasteiger partial charge in [-0.3, -0.25) is 9.59 Å². The highest BCUT2D eigenvalue weighted by Gasteiger charge is 2.49. The van der Waals surface area contributed by atoms with Crippen LogP contribution in [0, 0.1) is 5.92 Å². The third-order valence-electron chi connectivity index (χ3n) is 4.72. The number of hydrogen-bond acceptors (Lipinski definition) is 5. The van der Waals surface area contributed by atoms with Crippen LogP contribution < -0.4 is 9.61 Å². The van der Waals surface area contributed by atoms with E-state index in [0.29, 0.717) is 5.75 Å². The Hall–Kier alpha value is -2.31. The van der Waals surface area contributed by atoms with Gasteiger partial charge in [0.15, 0.2) is 0 Å². The van der Waals surface area contributed by atoms with Gasteiger partial charge in [-0.1, -0.05) is 71.6 Å². The molecule has 0 saturated carbocycles. The summed E-state index contributed by atoms with van der Waals surface area (Å²) in [5.74, 6) is -0.125. The van der Waals surface area contributed by atoms with Gasteiger partial charge in [-0.2, -0.15) is 0 Å². The number of thioether (sulfide) groups is 1. The standard InChI is InChI=1S/C19H13NO3S2/c21-18-14-13(11-8-4-5-9-12(11)23-18)16-17(20-19(22)25-16)24-15(14)10-6-2-1-3-7-10/h1-9,13-15H,(H,20,22)/t13-,14-,15-/m1/s1. The third kappa shape index (κ3) is 2.28. The summed E-state index contributed by atoms with van der Waals surface area (Å²) in [6.45, 7) is 0. The van der Waals surface area contributed by atoms with Gasteiger partial charge in [-0.15, -0.1) is 0 Å². The Morgan fingerprint density at radius 2 is 1.72 bits per heavy atom. The second-order valence-corrected chi connectivity index (χ2v) is 8.29. The van der Waals surface area contributed by atoms with Crippen LogP contribution in [-0.4, -0.2) is 11.0 Å². The van der Waals surface area contributed by atoms with E-state index in [9.17, 15) is 9.59 Å². The number of carbonyl (C=O) groups excluding carboxylic acids is 1. The van der Waals surface area contributed by atoms with Gasteiger partial charge >= 0.3 is 10.8 Å². The van der Waals surface area contributed by atoms with Gasteiger partial charge in [0, 0.05) is 16.4 Å². The van der Waals surface area contributed by atoms with Crippen LogP contribution in [0.3, 0.4) is 0 Å². The maximum Gasteiger partial charge on any atom is 0.316 e. The van der Waals surface area contributed by atoms with Crippen LogP contribution in [0.4, 0.5) is 0 Å². The van der Waals surface area contributed by atoms with Gasteiger partial charge in [0.2, 0.25) is 0 Å². The summed E-state index contributed by atoms with van der Waals surface area (Å²) in [4.78, 5) is 28.7. The van der Waals surface area contributed by atoms with Crippen LogP contribution in [0.2, 0.25) is 0 Å². The van der Waals surface area contributed by atoms with Crippen LogP contribution in [-0.2, 0) is 4.79 Å². The van der Waals surface area contributed by atoms with Gasteiger partial charge < -0.3 is 9.72 Å². The Labute approximate surface area is 151 Å². The van der Waals surface area contributed by atoms with Crippen molar-refractivity contribution in [2.24, 2.45) is 5.92 Å². The fourth-order valence-electron chi connectivity index (χ4n) is 3.68. The normalized spacial score (nSPS) is 24.0. The lowest BCUT2D eigenvalue weighted by Gasteiger charge is -2.39. The van der Waals surface area contributed by atoms with Crippen molar-refractivity contribution in [1.82, 2.24) is 4.98 Å². The van der Waals surface area contributed by atoms with Crippen molar-refractivity contribution < 1.29 is 9.53 Å². The molecule has 0 radical (unpaired) electrons. The monoisotopic (exact) mass is 367 g/mol. The molecule has 5 rings (SSSR count). The highest BCUT2D eigenvalue weighted by molar-refractivity contribution is 7.99. The van der Waals surface area contributed by atoms with Crippen molar-refractivity contribution in [3.05, 3.63) is 80.3 Å². The van der Waals surface area contributed by atoms with Crippen molar-refractivity contribution in [2.75, 3.05) is 0 Å². The maximum absolute atomic E-state index is 12.9. The zero-order chi connectivity index (χ0) is 17.0. The minimum Gasteiger partial charge on any atom is -0.426 e. The number of carbonyl (C=O) groups is 1. The Kier molecular flexibility index (Phi) is 3.36. The van der Waals surface area contributed by atoms with E-state index in [4.69, 9.17) is 4.74 Å². The molecule has 3 heterocycles. The Bertz CT molecular complexity index is 1020. The van der Waals surface area contributed by atoms with E-state index >= 15 is 0 Å². The first-order chi connectivity index (χ1) is 12.2. The summed E-state index contributed by atoms with van der Waals surface area (Å²) in [6.07, 6.45) is 0. The Balaban J connectivity index is 1.75. The molecule has 3 aromatic rings. The summed E-state index contributed by atoms with van der Waals surface area (Å²) in [5.41, 5.74) is 2.04. The van der Waals surface area contributed by atoms with E-state index in [0.717, 1.165) is 21.0 Å². The molecule has 2 aliphatic heterocycles. The molecule has 0 amide bonds. The second-order valence-electron chi connectivity index (χ2n) is 6.12. The molecule has 0 unspecified atom stereocenters. The topological polar surface area (TPSA) is 59.2 Å². The molecule has 0 aliphatic carbocycles. The summed E-state index contributed by atoms with van der Waals surface area (Å²) in [6, 6.07) is 17.6. The minimum atomic E-state index is -0.346. The first-order valence-electron chi connectivity index (χ1n) is 7.97. The average molecular weight is 367 g/mol. The molecule has 6 heteroatoms. The summed E-state index contributed by atoms with van der Waals surface area (Å²) >= 11 is 2.75. The maximum atomic E-state index is 12.9. The largest absolute Gasteiger partial charge is 0.426 e. The van der Waals surface area contributed by atoms with Crippen molar-refractivity contribution in [3.8, 4) is 5.75 Å². The van der Waals surface area contributed by atoms with Crippen LogP contribution in [0.5, 0.6) is 5.75 Å². The predicted molar refractivity (Wildman–Crippen MR) is 97.4 cm³/mol. The molecule has 25 heavy (non-hydrogen) atoms. The van der Waals surface area contributed by atoms with Gasteiger partial charge in [0.05, 0.1) is 16.2 Å². The van der Waals surface area contributed by atoms with E-state index in [1.165, 1.54) is 11.3 Å². The molecule has 0 saturated heterocycles. The zero-order valence-corrected chi connectivity index (χ0v) is 14.6. The molecule has 1 N–H and O–H groups in total. The smallest absolute Gasteiger partial charge is 0.316 e. The van der Waals surface area contributed by atoms with Crippen LogP contribution in [0.15, 0.2) is 64.4 Å². The van der Waals surface area contributed by atoms with E-state index in [2.05, 4.69) is 4.98 Å². The Morgan fingerprint density at radius 1 is 0.960 bits per heavy atom. The average Bonchev–Trinajstić information content (AvgIpc) is 3.01. The molecule has 2 aliphatic rings. The molecule has 2 aromatic carbocycles. The Morgan fingerprint density at radius 3 is 2.56 bits per heavy atom. The molecule has 0 bridgehead atoms. The highest BCUT2D eigenvalue weighted by Crippen LogP contribution is 2.58. The number of aromatic nitrogens is 1. The first kappa shape index (κ1) is 15.0. The number of esters is 1. The molecular weight excluding hydrogens is 354 g/mol. The third-order valence-corrected chi connectivity index (χ3v) is 7.19. The second kappa shape index (κ2) is 5.61. The van der Waals surface area contributed by atoms with Crippen molar-refractivity contribution in [3.63, 3.8) is 0 Å². The number of rotatable bonds is 1. The van der Waals surface area contributed by atoms with Crippen LogP contribution >= 0.6 is 23.1 Å².